The third kappa shape index (κ3) is 9.59. The largest absolute Gasteiger partial charge is 0.475 e. The Morgan fingerprint density at radius 3 is 1.24 bits per heavy atom. The van der Waals surface area contributed by atoms with E-state index >= 15 is 0 Å². The van der Waals surface area contributed by atoms with Gasteiger partial charge in [-0.1, -0.05) is 0 Å². The first-order chi connectivity index (χ1) is 7.75. The summed E-state index contributed by atoms with van der Waals surface area (Å²) in [6.07, 6.45) is -4.16. The van der Waals surface area contributed by atoms with E-state index < -0.39 is 46.2 Å². The lowest BCUT2D eigenvalue weighted by Gasteiger charge is -2.19. The van der Waals surface area contributed by atoms with Gasteiger partial charge >= 0.3 is 7.82 Å². The molecule has 3 atom stereocenters. The van der Waals surface area contributed by atoms with Gasteiger partial charge in [-0.25, -0.2) is 17.7 Å². The highest BCUT2D eigenvalue weighted by Crippen LogP contribution is 2.49. The van der Waals surface area contributed by atoms with Gasteiger partial charge in [0.15, 0.2) is 0 Å². The maximum atomic E-state index is 12.5. The molecular formula is C9H18F3O4P. The second-order valence-electron chi connectivity index (χ2n) is 3.68. The van der Waals surface area contributed by atoms with Crippen LogP contribution in [-0.4, -0.2) is 38.3 Å². The molecule has 0 saturated carbocycles. The van der Waals surface area contributed by atoms with Crippen LogP contribution in [0.5, 0.6) is 0 Å². The molecule has 0 aromatic rings. The van der Waals surface area contributed by atoms with Crippen LogP contribution < -0.4 is 0 Å². The van der Waals surface area contributed by atoms with Gasteiger partial charge in [0.05, 0.1) is 19.8 Å². The summed E-state index contributed by atoms with van der Waals surface area (Å²) in [5.41, 5.74) is 0. The molecule has 0 heterocycles. The fraction of sp³-hybridized carbons (Fsp3) is 1.00. The molecule has 0 aliphatic carbocycles. The quantitative estimate of drug-likeness (QED) is 0.607. The predicted octanol–water partition coefficient (Wildman–Crippen LogP) is 3.22. The van der Waals surface area contributed by atoms with E-state index in [1.54, 1.807) is 0 Å². The average Bonchev–Trinajstić information content (AvgIpc) is 2.21. The van der Waals surface area contributed by atoms with E-state index in [0.717, 1.165) is 0 Å². The molecule has 104 valence electrons. The van der Waals surface area contributed by atoms with Gasteiger partial charge in [-0.2, -0.15) is 0 Å². The first-order valence-corrected chi connectivity index (χ1v) is 6.67. The Bertz CT molecular complexity index is 210. The molecule has 4 nitrogen and oxygen atoms in total. The Hall–Kier alpha value is -0.100. The number of hydrogen-bond donors (Lipinski definition) is 0. The van der Waals surface area contributed by atoms with Crippen LogP contribution in [-0.2, 0) is 18.1 Å². The molecule has 0 aromatic heterocycles. The maximum Gasteiger partial charge on any atom is 0.475 e. The van der Waals surface area contributed by atoms with Crippen molar-refractivity contribution in [1.29, 1.82) is 0 Å². The number of phosphoric ester groups is 1. The van der Waals surface area contributed by atoms with Crippen molar-refractivity contribution in [1.82, 2.24) is 0 Å². The van der Waals surface area contributed by atoms with Gasteiger partial charge in [-0.05, 0) is 20.8 Å². The molecule has 0 saturated heterocycles. The molecule has 17 heavy (non-hydrogen) atoms. The SMILES string of the molecule is CC(F)COP(=O)(OCC(C)F)OCC(C)F. The molecule has 0 radical (unpaired) electrons. The Balaban J connectivity index is 4.29. The molecule has 0 rings (SSSR count). The highest BCUT2D eigenvalue weighted by atomic mass is 31.2. The minimum absolute atomic E-state index is 0.529. The fourth-order valence-electron chi connectivity index (χ4n) is 0.694. The van der Waals surface area contributed by atoms with Crippen LogP contribution in [0.1, 0.15) is 20.8 Å². The Morgan fingerprint density at radius 1 is 0.824 bits per heavy atom. The zero-order valence-corrected chi connectivity index (χ0v) is 11.0. The van der Waals surface area contributed by atoms with Crippen LogP contribution >= 0.6 is 7.82 Å². The summed E-state index contributed by atoms with van der Waals surface area (Å²) >= 11 is 0. The van der Waals surface area contributed by atoms with Crippen LogP contribution in [0, 0.1) is 0 Å². The number of phosphoric acid groups is 1. The van der Waals surface area contributed by atoms with Gasteiger partial charge in [0.25, 0.3) is 0 Å². The molecule has 0 amide bonds. The highest BCUT2D eigenvalue weighted by molar-refractivity contribution is 7.48. The zero-order valence-electron chi connectivity index (χ0n) is 10.1. The number of alkyl halides is 3. The summed E-state index contributed by atoms with van der Waals surface area (Å²) in [4.78, 5) is 0. The summed E-state index contributed by atoms with van der Waals surface area (Å²) in [6.45, 7) is 1.95. The molecule has 0 bridgehead atoms. The van der Waals surface area contributed by atoms with E-state index in [2.05, 4.69) is 13.6 Å². The summed E-state index contributed by atoms with van der Waals surface area (Å²) in [5, 5.41) is 0. The summed E-state index contributed by atoms with van der Waals surface area (Å²) < 4.78 is 63.1. The third-order valence-corrected chi connectivity index (χ3v) is 2.78. The van der Waals surface area contributed by atoms with Crippen LogP contribution in [0.25, 0.3) is 0 Å². The average molecular weight is 278 g/mol. The van der Waals surface area contributed by atoms with Crippen molar-refractivity contribution in [2.75, 3.05) is 19.8 Å². The zero-order chi connectivity index (χ0) is 13.5. The number of rotatable bonds is 9. The minimum atomic E-state index is -4.10. The van der Waals surface area contributed by atoms with Crippen molar-refractivity contribution in [2.45, 2.75) is 39.3 Å². The molecule has 0 N–H and O–H groups in total. The van der Waals surface area contributed by atoms with Crippen LogP contribution in [0.2, 0.25) is 0 Å². The Labute approximate surface area is 99.0 Å². The molecule has 3 unspecified atom stereocenters. The van der Waals surface area contributed by atoms with Gasteiger partial charge in [0.1, 0.15) is 18.5 Å². The standard InChI is InChI=1S/C9H18F3O4P/c1-7(10)4-14-17(13,15-5-8(2)11)16-6-9(3)12/h7-9H,4-6H2,1-3H3. The normalized spacial score (nSPS) is 20.6. The molecule has 0 fully saturated rings. The molecule has 8 heteroatoms. The second kappa shape index (κ2) is 8.08. The van der Waals surface area contributed by atoms with Crippen LogP contribution in [0.15, 0.2) is 0 Å². The lowest BCUT2D eigenvalue weighted by atomic mass is 10.5. The molecule has 0 aliphatic rings. The van der Waals surface area contributed by atoms with Gasteiger partial charge in [-0.15, -0.1) is 0 Å². The minimum Gasteiger partial charge on any atom is -0.284 e. The number of halogens is 3. The number of hydrogen-bond acceptors (Lipinski definition) is 4. The highest BCUT2D eigenvalue weighted by Gasteiger charge is 2.29. The van der Waals surface area contributed by atoms with Gasteiger partial charge < -0.3 is 0 Å². The summed E-state index contributed by atoms with van der Waals surface area (Å²) in [6, 6.07) is 0. The Morgan fingerprint density at radius 2 is 1.06 bits per heavy atom. The van der Waals surface area contributed by atoms with Gasteiger partial charge in [0.2, 0.25) is 0 Å². The van der Waals surface area contributed by atoms with Crippen molar-refractivity contribution in [3.63, 3.8) is 0 Å². The van der Waals surface area contributed by atoms with E-state index in [1.165, 1.54) is 20.8 Å². The van der Waals surface area contributed by atoms with E-state index in [1.807, 2.05) is 0 Å². The second-order valence-corrected chi connectivity index (χ2v) is 5.35. The lowest BCUT2D eigenvalue weighted by Crippen LogP contribution is -2.13. The van der Waals surface area contributed by atoms with Crippen LogP contribution in [0.3, 0.4) is 0 Å². The lowest BCUT2D eigenvalue weighted by molar-refractivity contribution is 0.0673. The van der Waals surface area contributed by atoms with Crippen molar-refractivity contribution in [3.8, 4) is 0 Å². The maximum absolute atomic E-state index is 12.5. The van der Waals surface area contributed by atoms with Crippen LogP contribution in [0.4, 0.5) is 13.2 Å². The van der Waals surface area contributed by atoms with E-state index in [-0.39, 0.29) is 0 Å². The van der Waals surface area contributed by atoms with Gasteiger partial charge in [-0.3, -0.25) is 13.6 Å². The first kappa shape index (κ1) is 16.9. The predicted molar refractivity (Wildman–Crippen MR) is 57.2 cm³/mol. The third-order valence-electron chi connectivity index (χ3n) is 1.39. The topological polar surface area (TPSA) is 44.8 Å². The van der Waals surface area contributed by atoms with Crippen molar-refractivity contribution in [2.24, 2.45) is 0 Å². The van der Waals surface area contributed by atoms with E-state index in [0.29, 0.717) is 0 Å². The van der Waals surface area contributed by atoms with E-state index in [9.17, 15) is 17.7 Å². The molecular weight excluding hydrogens is 260 g/mol. The summed E-state index contributed by atoms with van der Waals surface area (Å²) in [5.74, 6) is 0. The monoisotopic (exact) mass is 278 g/mol. The Kier molecular flexibility index (Phi) is 8.03. The van der Waals surface area contributed by atoms with Crippen molar-refractivity contribution < 1.29 is 31.3 Å². The van der Waals surface area contributed by atoms with E-state index in [4.69, 9.17) is 0 Å². The van der Waals surface area contributed by atoms with Crippen molar-refractivity contribution in [3.05, 3.63) is 0 Å². The first-order valence-electron chi connectivity index (χ1n) is 5.21. The molecule has 0 aliphatic heterocycles. The molecule has 0 spiro atoms. The summed E-state index contributed by atoms with van der Waals surface area (Å²) in [7, 11) is -4.10. The van der Waals surface area contributed by atoms with Gasteiger partial charge in [0, 0.05) is 0 Å². The van der Waals surface area contributed by atoms with Crippen molar-refractivity contribution >= 4 is 7.82 Å². The molecule has 0 aromatic carbocycles. The fourth-order valence-corrected chi connectivity index (χ4v) is 2.08. The smallest absolute Gasteiger partial charge is 0.284 e.